The zero-order chi connectivity index (χ0) is 23.1. The molecule has 3 aliphatic rings. The molecular weight excluding hydrogens is 455 g/mol. The Morgan fingerprint density at radius 1 is 1.19 bits per heavy atom. The lowest BCUT2D eigenvalue weighted by molar-refractivity contribution is 0.0219. The normalized spacial score (nSPS) is 27.1. The number of nitrogens with one attached hydrogen (secondary N) is 1. The van der Waals surface area contributed by atoms with Crippen LogP contribution in [0.25, 0.3) is 0 Å². The van der Waals surface area contributed by atoms with Crippen LogP contribution in [0.15, 0.2) is 18.2 Å². The van der Waals surface area contributed by atoms with Crippen LogP contribution in [0.5, 0.6) is 0 Å². The van der Waals surface area contributed by atoms with Gasteiger partial charge in [-0.1, -0.05) is 6.07 Å². The van der Waals surface area contributed by atoms with E-state index < -0.39 is 20.2 Å². The van der Waals surface area contributed by atoms with Crippen molar-refractivity contribution in [3.05, 3.63) is 35.1 Å². The number of hydrogen-bond acceptors (Lipinski definition) is 5. The summed E-state index contributed by atoms with van der Waals surface area (Å²) in [6.07, 6.45) is 3.62. The Labute approximate surface area is 191 Å². The molecule has 0 aromatic heterocycles. The van der Waals surface area contributed by atoms with E-state index in [-0.39, 0.29) is 36.6 Å². The van der Waals surface area contributed by atoms with Gasteiger partial charge in [-0.3, -0.25) is 4.90 Å². The van der Waals surface area contributed by atoms with Gasteiger partial charge in [0.05, 0.1) is 5.75 Å². The van der Waals surface area contributed by atoms with E-state index in [1.807, 2.05) is 6.07 Å². The van der Waals surface area contributed by atoms with Gasteiger partial charge in [0, 0.05) is 52.4 Å². The van der Waals surface area contributed by atoms with Crippen LogP contribution in [0, 0.1) is 11.7 Å². The zero-order valence-corrected chi connectivity index (χ0v) is 20.3. The topological polar surface area (TPSA) is 90.0 Å². The van der Waals surface area contributed by atoms with Crippen LogP contribution in [-0.4, -0.2) is 82.4 Å². The van der Waals surface area contributed by atoms with Crippen LogP contribution in [0.4, 0.5) is 4.39 Å². The minimum absolute atomic E-state index is 0.0653. The molecule has 0 amide bonds. The van der Waals surface area contributed by atoms with Crippen LogP contribution >= 0.6 is 0 Å². The Kier molecular flexibility index (Phi) is 6.96. The molecule has 0 radical (unpaired) electrons. The molecule has 0 bridgehead atoms. The predicted molar refractivity (Wildman–Crippen MR) is 121 cm³/mol. The van der Waals surface area contributed by atoms with Gasteiger partial charge in [0.25, 0.3) is 10.2 Å². The quantitative estimate of drug-likeness (QED) is 0.585. The summed E-state index contributed by atoms with van der Waals surface area (Å²) in [5.74, 6) is -0.0100. The van der Waals surface area contributed by atoms with Crippen molar-refractivity contribution in [2.45, 2.75) is 44.2 Å². The lowest BCUT2D eigenvalue weighted by atomic mass is 9.77. The first-order valence-corrected chi connectivity index (χ1v) is 14.3. The summed E-state index contributed by atoms with van der Waals surface area (Å²) in [7, 11) is -4.21. The number of hydrogen-bond donors (Lipinski definition) is 1. The second kappa shape index (κ2) is 9.27. The Hall–Kier alpha value is -1.11. The molecule has 11 heteroatoms. The molecule has 8 nitrogen and oxygen atoms in total. The molecule has 1 aromatic carbocycles. The Morgan fingerprint density at radius 2 is 1.97 bits per heavy atom. The molecule has 0 aliphatic carbocycles. The van der Waals surface area contributed by atoms with Crippen molar-refractivity contribution in [1.82, 2.24) is 18.2 Å². The van der Waals surface area contributed by atoms with E-state index >= 15 is 0 Å². The van der Waals surface area contributed by atoms with Crippen LogP contribution in [0.1, 0.15) is 42.9 Å². The SMILES string of the molecule is CN(C)S(=O)(=O)NCCCS(=O)(=O)N1CCC[C@@H]2CN3CCc4cc(F)ccc4[C@@H]3C[C@@H]21. The summed E-state index contributed by atoms with van der Waals surface area (Å²) in [6.45, 7) is 2.33. The minimum Gasteiger partial charge on any atom is -0.296 e. The Morgan fingerprint density at radius 3 is 2.72 bits per heavy atom. The monoisotopic (exact) mass is 488 g/mol. The average molecular weight is 489 g/mol. The summed E-state index contributed by atoms with van der Waals surface area (Å²) in [5.41, 5.74) is 2.15. The van der Waals surface area contributed by atoms with Crippen molar-refractivity contribution < 1.29 is 21.2 Å². The number of rotatable bonds is 7. The minimum atomic E-state index is -3.56. The maximum absolute atomic E-state index is 13.7. The number of piperidine rings is 2. The second-order valence-corrected chi connectivity index (χ2v) is 13.3. The third-order valence-electron chi connectivity index (χ3n) is 7.08. The molecule has 1 aromatic rings. The van der Waals surface area contributed by atoms with Crippen molar-refractivity contribution in [1.29, 1.82) is 0 Å². The van der Waals surface area contributed by atoms with Gasteiger partial charge in [-0.25, -0.2) is 17.5 Å². The second-order valence-electron chi connectivity index (χ2n) is 9.27. The molecule has 4 rings (SSSR count). The lowest BCUT2D eigenvalue weighted by Crippen LogP contribution is -2.57. The van der Waals surface area contributed by atoms with E-state index in [1.165, 1.54) is 20.2 Å². The molecule has 3 atom stereocenters. The Balaban J connectivity index is 1.45. The number of benzene rings is 1. The van der Waals surface area contributed by atoms with Crippen molar-refractivity contribution in [3.8, 4) is 0 Å². The van der Waals surface area contributed by atoms with Crippen LogP contribution in [0.3, 0.4) is 0 Å². The van der Waals surface area contributed by atoms with E-state index in [1.54, 1.807) is 10.4 Å². The standard InChI is InChI=1S/C21H33FN4O4S2/c1-24(2)32(29,30)23-9-4-12-31(27,28)26-10-3-5-17-15-25-11-8-16-13-18(22)6-7-19(16)21(25)14-20(17)26/h6-7,13,17,20-21,23H,3-5,8-12,14-15H2,1-2H3/t17-,20+,21+/m1/s1. The summed E-state index contributed by atoms with van der Waals surface area (Å²) >= 11 is 0. The maximum Gasteiger partial charge on any atom is 0.278 e. The molecule has 0 spiro atoms. The van der Waals surface area contributed by atoms with Gasteiger partial charge in [-0.15, -0.1) is 0 Å². The molecule has 32 heavy (non-hydrogen) atoms. The van der Waals surface area contributed by atoms with Gasteiger partial charge >= 0.3 is 0 Å². The van der Waals surface area contributed by atoms with Crippen LogP contribution in [-0.2, 0) is 26.7 Å². The van der Waals surface area contributed by atoms with Gasteiger partial charge < -0.3 is 0 Å². The van der Waals surface area contributed by atoms with Crippen LogP contribution < -0.4 is 4.72 Å². The van der Waals surface area contributed by atoms with E-state index in [0.29, 0.717) is 12.5 Å². The summed E-state index contributed by atoms with van der Waals surface area (Å²) in [5, 5.41) is 0. The van der Waals surface area contributed by atoms with E-state index in [4.69, 9.17) is 0 Å². The zero-order valence-electron chi connectivity index (χ0n) is 18.7. The van der Waals surface area contributed by atoms with Gasteiger partial charge in [0.2, 0.25) is 10.0 Å². The highest BCUT2D eigenvalue weighted by Gasteiger charge is 2.45. The highest BCUT2D eigenvalue weighted by Crippen LogP contribution is 2.43. The highest BCUT2D eigenvalue weighted by molar-refractivity contribution is 7.89. The summed E-state index contributed by atoms with van der Waals surface area (Å²) < 4.78 is 69.0. The molecule has 2 saturated heterocycles. The first-order valence-electron chi connectivity index (χ1n) is 11.3. The predicted octanol–water partition coefficient (Wildman–Crippen LogP) is 1.33. The van der Waals surface area contributed by atoms with Crippen molar-refractivity contribution in [2.75, 3.05) is 46.0 Å². The van der Waals surface area contributed by atoms with Gasteiger partial charge in [0.15, 0.2) is 0 Å². The highest BCUT2D eigenvalue weighted by atomic mass is 32.2. The third kappa shape index (κ3) is 4.88. The molecule has 180 valence electrons. The molecule has 3 aliphatic heterocycles. The molecule has 0 saturated carbocycles. The smallest absolute Gasteiger partial charge is 0.278 e. The number of nitrogens with zero attached hydrogens (tertiary/aromatic N) is 3. The van der Waals surface area contributed by atoms with E-state index in [0.717, 1.165) is 54.2 Å². The van der Waals surface area contributed by atoms with Gasteiger partial charge in [-0.2, -0.15) is 17.0 Å². The summed E-state index contributed by atoms with van der Waals surface area (Å²) in [6, 6.07) is 5.02. The fourth-order valence-corrected chi connectivity index (χ4v) is 7.91. The third-order valence-corrected chi connectivity index (χ3v) is 10.6. The van der Waals surface area contributed by atoms with Crippen molar-refractivity contribution >= 4 is 20.2 Å². The van der Waals surface area contributed by atoms with Crippen molar-refractivity contribution in [2.24, 2.45) is 5.92 Å². The number of sulfonamides is 1. The van der Waals surface area contributed by atoms with E-state index in [9.17, 15) is 21.2 Å². The fraction of sp³-hybridized carbons (Fsp3) is 0.714. The number of fused-ring (bicyclic) bond motifs is 4. The average Bonchev–Trinajstić information content (AvgIpc) is 2.74. The first kappa shape index (κ1) is 24.0. The van der Waals surface area contributed by atoms with Crippen molar-refractivity contribution in [3.63, 3.8) is 0 Å². The summed E-state index contributed by atoms with van der Waals surface area (Å²) in [4.78, 5) is 2.44. The molecule has 2 fully saturated rings. The maximum atomic E-state index is 13.7. The number of halogens is 1. The Bertz CT molecular complexity index is 1050. The molecule has 3 heterocycles. The molecule has 1 N–H and O–H groups in total. The lowest BCUT2D eigenvalue weighted by Gasteiger charge is -2.51. The van der Waals surface area contributed by atoms with E-state index in [2.05, 4.69) is 9.62 Å². The van der Waals surface area contributed by atoms with Gasteiger partial charge in [-0.05, 0) is 61.3 Å². The molecular formula is C21H33FN4O4S2. The van der Waals surface area contributed by atoms with Crippen LogP contribution in [0.2, 0.25) is 0 Å². The first-order chi connectivity index (χ1) is 15.1. The largest absolute Gasteiger partial charge is 0.296 e. The fourth-order valence-electron chi connectivity index (χ4n) is 5.43. The van der Waals surface area contributed by atoms with Gasteiger partial charge in [0.1, 0.15) is 5.82 Å². The molecule has 0 unspecified atom stereocenters.